The summed E-state index contributed by atoms with van der Waals surface area (Å²) in [5, 5.41) is 4.25. The second kappa shape index (κ2) is 4.18. The Morgan fingerprint density at radius 3 is 2.65 bits per heavy atom. The molecule has 3 rings (SSSR count). The van der Waals surface area contributed by atoms with Crippen molar-refractivity contribution in [2.75, 3.05) is 0 Å². The van der Waals surface area contributed by atoms with E-state index in [9.17, 15) is 4.79 Å². The van der Waals surface area contributed by atoms with Gasteiger partial charge in [0.05, 0.1) is 10.0 Å². The average molecular weight is 270 g/mol. The molecule has 0 bridgehead atoms. The van der Waals surface area contributed by atoms with Crippen molar-refractivity contribution < 1.29 is 4.79 Å². The van der Waals surface area contributed by atoms with Crippen LogP contribution in [0.25, 0.3) is 0 Å². The Bertz CT molecular complexity index is 470. The van der Waals surface area contributed by atoms with Gasteiger partial charge in [0.15, 0.2) is 0 Å². The lowest BCUT2D eigenvalue weighted by Gasteiger charge is -2.04. The lowest BCUT2D eigenvalue weighted by atomic mass is 10.1. The predicted molar refractivity (Wildman–Crippen MR) is 68.5 cm³/mol. The van der Waals surface area contributed by atoms with Crippen LogP contribution in [0.4, 0.5) is 0 Å². The molecule has 1 amide bonds. The summed E-state index contributed by atoms with van der Waals surface area (Å²) in [6.45, 7) is 0. The average Bonchev–Trinajstić information content (AvgIpc) is 3.13. The summed E-state index contributed by atoms with van der Waals surface area (Å²) in [6.07, 6.45) is 3.11. The second-order valence-corrected chi connectivity index (χ2v) is 5.72. The van der Waals surface area contributed by atoms with E-state index in [-0.39, 0.29) is 11.8 Å². The van der Waals surface area contributed by atoms with Gasteiger partial charge in [-0.3, -0.25) is 4.79 Å². The van der Waals surface area contributed by atoms with Crippen LogP contribution < -0.4 is 5.32 Å². The van der Waals surface area contributed by atoms with Gasteiger partial charge < -0.3 is 5.32 Å². The molecule has 0 unspecified atom stereocenters. The summed E-state index contributed by atoms with van der Waals surface area (Å²) in [4.78, 5) is 11.6. The molecule has 0 spiro atoms. The minimum Gasteiger partial charge on any atom is -0.352 e. The van der Waals surface area contributed by atoms with E-state index in [0.29, 0.717) is 22.0 Å². The molecule has 2 fully saturated rings. The van der Waals surface area contributed by atoms with Crippen molar-refractivity contribution in [2.24, 2.45) is 5.92 Å². The van der Waals surface area contributed by atoms with Crippen molar-refractivity contribution in [3.05, 3.63) is 33.8 Å². The van der Waals surface area contributed by atoms with Gasteiger partial charge in [0.2, 0.25) is 5.91 Å². The third kappa shape index (κ3) is 2.43. The van der Waals surface area contributed by atoms with Crippen LogP contribution in [-0.2, 0) is 4.79 Å². The fraction of sp³-hybridized carbons (Fsp3) is 0.462. The summed E-state index contributed by atoms with van der Waals surface area (Å²) in [5.74, 6) is 0.912. The van der Waals surface area contributed by atoms with E-state index in [1.54, 1.807) is 0 Å². The fourth-order valence-electron chi connectivity index (χ4n) is 2.11. The molecule has 1 N–H and O–H groups in total. The lowest BCUT2D eigenvalue weighted by Crippen LogP contribution is -2.27. The van der Waals surface area contributed by atoms with Crippen LogP contribution in [-0.4, -0.2) is 11.9 Å². The maximum Gasteiger partial charge on any atom is 0.223 e. The molecule has 0 aromatic heterocycles. The summed E-state index contributed by atoms with van der Waals surface area (Å²) >= 11 is 11.9. The smallest absolute Gasteiger partial charge is 0.223 e. The third-order valence-corrected chi connectivity index (χ3v) is 4.18. The van der Waals surface area contributed by atoms with Crippen LogP contribution in [0.3, 0.4) is 0 Å². The Hall–Kier alpha value is -0.730. The maximum absolute atomic E-state index is 11.6. The van der Waals surface area contributed by atoms with Crippen molar-refractivity contribution in [2.45, 2.75) is 31.2 Å². The molecule has 90 valence electrons. The highest BCUT2D eigenvalue weighted by atomic mass is 35.5. The molecule has 2 saturated carbocycles. The Morgan fingerprint density at radius 2 is 2.00 bits per heavy atom. The van der Waals surface area contributed by atoms with Crippen molar-refractivity contribution in [3.63, 3.8) is 0 Å². The second-order valence-electron chi connectivity index (χ2n) is 4.91. The van der Waals surface area contributed by atoms with Gasteiger partial charge in [0.25, 0.3) is 0 Å². The van der Waals surface area contributed by atoms with Gasteiger partial charge in [-0.15, -0.1) is 0 Å². The standard InChI is InChI=1S/C13H13Cl2NO/c14-10-4-3-8(5-11(10)15)9-6-12(9)16-13(17)7-1-2-7/h3-5,7,9,12H,1-2,6H2,(H,16,17)/t9-,12+/m0/s1. The Labute approximate surface area is 110 Å². The number of amides is 1. The molecule has 0 saturated heterocycles. The molecule has 17 heavy (non-hydrogen) atoms. The predicted octanol–water partition coefficient (Wildman–Crippen LogP) is 3.38. The van der Waals surface area contributed by atoms with E-state index in [0.717, 1.165) is 19.3 Å². The normalized spacial score (nSPS) is 26.7. The van der Waals surface area contributed by atoms with E-state index >= 15 is 0 Å². The first kappa shape index (κ1) is 11.4. The highest BCUT2D eigenvalue weighted by molar-refractivity contribution is 6.42. The van der Waals surface area contributed by atoms with Crippen LogP contribution in [0.2, 0.25) is 10.0 Å². The lowest BCUT2D eigenvalue weighted by molar-refractivity contribution is -0.122. The van der Waals surface area contributed by atoms with Gasteiger partial charge in [-0.05, 0) is 37.0 Å². The summed E-state index contributed by atoms with van der Waals surface area (Å²) in [6, 6.07) is 6.00. The van der Waals surface area contributed by atoms with E-state index in [1.807, 2.05) is 18.2 Å². The van der Waals surface area contributed by atoms with Gasteiger partial charge in [-0.2, -0.15) is 0 Å². The zero-order chi connectivity index (χ0) is 12.0. The van der Waals surface area contributed by atoms with Crippen molar-refractivity contribution in [3.8, 4) is 0 Å². The molecule has 4 heteroatoms. The van der Waals surface area contributed by atoms with E-state index in [4.69, 9.17) is 23.2 Å². The third-order valence-electron chi connectivity index (χ3n) is 3.44. The van der Waals surface area contributed by atoms with Crippen LogP contribution in [0, 0.1) is 5.92 Å². The zero-order valence-electron chi connectivity index (χ0n) is 9.25. The SMILES string of the molecule is O=C(N[C@@H]1C[C@H]1c1ccc(Cl)c(Cl)c1)C1CC1. The molecule has 2 aliphatic rings. The van der Waals surface area contributed by atoms with Crippen LogP contribution >= 0.6 is 23.2 Å². The van der Waals surface area contributed by atoms with E-state index < -0.39 is 0 Å². The molecule has 0 aliphatic heterocycles. The summed E-state index contributed by atoms with van der Waals surface area (Å²) in [7, 11) is 0. The number of rotatable bonds is 3. The topological polar surface area (TPSA) is 29.1 Å². The Balaban J connectivity index is 1.63. The molecular weight excluding hydrogens is 257 g/mol. The zero-order valence-corrected chi connectivity index (χ0v) is 10.8. The number of carbonyl (C=O) groups is 1. The first-order valence-electron chi connectivity index (χ1n) is 5.90. The molecular formula is C13H13Cl2NO. The molecule has 2 atom stereocenters. The first-order chi connectivity index (χ1) is 8.15. The molecule has 1 aromatic rings. The van der Waals surface area contributed by atoms with Gasteiger partial charge in [-0.1, -0.05) is 29.3 Å². The van der Waals surface area contributed by atoms with E-state index in [1.165, 1.54) is 5.56 Å². The Kier molecular flexibility index (Phi) is 2.80. The molecule has 1 aromatic carbocycles. The minimum atomic E-state index is 0.220. The van der Waals surface area contributed by atoms with Crippen LogP contribution in [0.15, 0.2) is 18.2 Å². The molecule has 0 heterocycles. The van der Waals surface area contributed by atoms with Crippen LogP contribution in [0.1, 0.15) is 30.7 Å². The summed E-state index contributed by atoms with van der Waals surface area (Å²) in [5.41, 5.74) is 1.17. The van der Waals surface area contributed by atoms with E-state index in [2.05, 4.69) is 5.32 Å². The highest BCUT2D eigenvalue weighted by Gasteiger charge is 2.42. The molecule has 0 radical (unpaired) electrons. The number of nitrogens with one attached hydrogen (secondary N) is 1. The maximum atomic E-state index is 11.6. The van der Waals surface area contributed by atoms with Gasteiger partial charge in [-0.25, -0.2) is 0 Å². The largest absolute Gasteiger partial charge is 0.352 e. The van der Waals surface area contributed by atoms with Gasteiger partial charge in [0.1, 0.15) is 0 Å². The number of hydrogen-bond acceptors (Lipinski definition) is 1. The molecule has 2 nitrogen and oxygen atoms in total. The van der Waals surface area contributed by atoms with Gasteiger partial charge in [0, 0.05) is 17.9 Å². The first-order valence-corrected chi connectivity index (χ1v) is 6.66. The Morgan fingerprint density at radius 1 is 1.24 bits per heavy atom. The van der Waals surface area contributed by atoms with Gasteiger partial charge >= 0.3 is 0 Å². The van der Waals surface area contributed by atoms with Crippen molar-refractivity contribution in [1.82, 2.24) is 5.32 Å². The molecule has 2 aliphatic carbocycles. The number of benzene rings is 1. The van der Waals surface area contributed by atoms with Crippen molar-refractivity contribution in [1.29, 1.82) is 0 Å². The monoisotopic (exact) mass is 269 g/mol. The highest BCUT2D eigenvalue weighted by Crippen LogP contribution is 2.43. The van der Waals surface area contributed by atoms with Crippen molar-refractivity contribution >= 4 is 29.1 Å². The van der Waals surface area contributed by atoms with Crippen LogP contribution in [0.5, 0.6) is 0 Å². The quantitative estimate of drug-likeness (QED) is 0.896. The summed E-state index contributed by atoms with van der Waals surface area (Å²) < 4.78 is 0. The minimum absolute atomic E-state index is 0.220. The fourth-order valence-corrected chi connectivity index (χ4v) is 2.42. The number of hydrogen-bond donors (Lipinski definition) is 1. The number of halogens is 2. The number of carbonyl (C=O) groups excluding carboxylic acids is 1.